The van der Waals surface area contributed by atoms with Gasteiger partial charge < -0.3 is 10.6 Å². The highest BCUT2D eigenvalue weighted by molar-refractivity contribution is 5.54. The second-order valence-corrected chi connectivity index (χ2v) is 5.30. The van der Waals surface area contributed by atoms with Gasteiger partial charge >= 0.3 is 0 Å². The molecule has 0 aliphatic carbocycles. The number of benzene rings is 2. The highest BCUT2D eigenvalue weighted by atomic mass is 15.1. The predicted octanol–water partition coefficient (Wildman–Crippen LogP) is 3.54. The van der Waals surface area contributed by atoms with Gasteiger partial charge in [0.25, 0.3) is 0 Å². The fourth-order valence-corrected chi connectivity index (χ4v) is 2.22. The van der Waals surface area contributed by atoms with Crippen molar-refractivity contribution in [2.75, 3.05) is 24.7 Å². The molecule has 100 valence electrons. The summed E-state index contributed by atoms with van der Waals surface area (Å²) in [4.78, 5) is 2.11. The zero-order chi connectivity index (χ0) is 14.0. The van der Waals surface area contributed by atoms with E-state index in [1.165, 1.54) is 27.9 Å². The summed E-state index contributed by atoms with van der Waals surface area (Å²) in [6, 6.07) is 12.9. The van der Waals surface area contributed by atoms with Crippen LogP contribution in [0.4, 0.5) is 11.4 Å². The number of nitrogens with two attached hydrogens (primary N) is 1. The van der Waals surface area contributed by atoms with Crippen molar-refractivity contribution in [2.24, 2.45) is 0 Å². The average Bonchev–Trinajstić information content (AvgIpc) is 2.40. The highest BCUT2D eigenvalue weighted by Crippen LogP contribution is 2.22. The SMILES string of the molecule is Cc1c(N)ccc(Cc2ccc(N(C)C)cc2)c1C. The molecule has 0 aliphatic rings. The second-order valence-electron chi connectivity index (χ2n) is 5.30. The molecule has 0 bridgehead atoms. The Balaban J connectivity index is 2.24. The number of anilines is 2. The van der Waals surface area contributed by atoms with Crippen molar-refractivity contribution in [1.82, 2.24) is 0 Å². The molecule has 0 amide bonds. The molecule has 0 atom stereocenters. The van der Waals surface area contributed by atoms with E-state index in [9.17, 15) is 0 Å². The first-order valence-corrected chi connectivity index (χ1v) is 6.60. The first-order chi connectivity index (χ1) is 8.99. The Morgan fingerprint density at radius 2 is 1.53 bits per heavy atom. The molecule has 0 fully saturated rings. The maximum atomic E-state index is 5.93. The number of nitrogen functional groups attached to an aromatic ring is 1. The lowest BCUT2D eigenvalue weighted by Crippen LogP contribution is -2.08. The van der Waals surface area contributed by atoms with E-state index in [4.69, 9.17) is 5.73 Å². The van der Waals surface area contributed by atoms with Gasteiger partial charge in [0.15, 0.2) is 0 Å². The molecule has 0 saturated heterocycles. The van der Waals surface area contributed by atoms with Gasteiger partial charge in [-0.3, -0.25) is 0 Å². The van der Waals surface area contributed by atoms with Crippen LogP contribution in [-0.2, 0) is 6.42 Å². The lowest BCUT2D eigenvalue weighted by Gasteiger charge is -2.14. The summed E-state index contributed by atoms with van der Waals surface area (Å²) in [5.74, 6) is 0. The first kappa shape index (κ1) is 13.5. The fourth-order valence-electron chi connectivity index (χ4n) is 2.22. The maximum Gasteiger partial charge on any atom is 0.0361 e. The second kappa shape index (κ2) is 5.35. The van der Waals surface area contributed by atoms with E-state index in [0.717, 1.165) is 12.1 Å². The molecule has 19 heavy (non-hydrogen) atoms. The van der Waals surface area contributed by atoms with Crippen molar-refractivity contribution in [3.05, 3.63) is 58.7 Å². The molecule has 0 saturated carbocycles. The van der Waals surface area contributed by atoms with Gasteiger partial charge in [-0.05, 0) is 60.7 Å². The smallest absolute Gasteiger partial charge is 0.0361 e. The van der Waals surface area contributed by atoms with Crippen LogP contribution in [0.3, 0.4) is 0 Å². The number of nitrogens with zero attached hydrogens (tertiary/aromatic N) is 1. The minimum atomic E-state index is 0.879. The third kappa shape index (κ3) is 2.90. The van der Waals surface area contributed by atoms with E-state index in [1.807, 2.05) is 6.07 Å². The molecule has 2 nitrogen and oxygen atoms in total. The zero-order valence-corrected chi connectivity index (χ0v) is 12.2. The number of rotatable bonds is 3. The Bertz CT molecular complexity index is 569. The van der Waals surface area contributed by atoms with Gasteiger partial charge in [-0.1, -0.05) is 18.2 Å². The normalized spacial score (nSPS) is 10.5. The molecule has 2 rings (SSSR count). The first-order valence-electron chi connectivity index (χ1n) is 6.60. The quantitative estimate of drug-likeness (QED) is 0.849. The highest BCUT2D eigenvalue weighted by Gasteiger charge is 2.05. The van der Waals surface area contributed by atoms with Crippen molar-refractivity contribution in [3.8, 4) is 0 Å². The summed E-state index contributed by atoms with van der Waals surface area (Å²) >= 11 is 0. The monoisotopic (exact) mass is 254 g/mol. The number of hydrogen-bond acceptors (Lipinski definition) is 2. The van der Waals surface area contributed by atoms with Gasteiger partial charge in [0.05, 0.1) is 0 Å². The maximum absolute atomic E-state index is 5.93. The zero-order valence-electron chi connectivity index (χ0n) is 12.2. The van der Waals surface area contributed by atoms with Gasteiger partial charge in [-0.25, -0.2) is 0 Å². The molecule has 0 radical (unpaired) electrons. The molecule has 2 aromatic carbocycles. The number of hydrogen-bond donors (Lipinski definition) is 1. The molecule has 2 N–H and O–H groups in total. The van der Waals surface area contributed by atoms with E-state index >= 15 is 0 Å². The van der Waals surface area contributed by atoms with Gasteiger partial charge in [-0.2, -0.15) is 0 Å². The largest absolute Gasteiger partial charge is 0.399 e. The molecule has 0 aliphatic heterocycles. The van der Waals surface area contributed by atoms with Crippen LogP contribution in [0, 0.1) is 13.8 Å². The summed E-state index contributed by atoms with van der Waals surface area (Å²) in [6.45, 7) is 4.23. The Morgan fingerprint density at radius 3 is 2.11 bits per heavy atom. The summed E-state index contributed by atoms with van der Waals surface area (Å²) in [5, 5.41) is 0. The average molecular weight is 254 g/mol. The minimum Gasteiger partial charge on any atom is -0.399 e. The van der Waals surface area contributed by atoms with Crippen LogP contribution in [0.25, 0.3) is 0 Å². The Hall–Kier alpha value is -1.96. The van der Waals surface area contributed by atoms with Gasteiger partial charge in [0.2, 0.25) is 0 Å². The van der Waals surface area contributed by atoms with Crippen molar-refractivity contribution >= 4 is 11.4 Å². The summed E-state index contributed by atoms with van der Waals surface area (Å²) in [7, 11) is 4.12. The Labute approximate surface area is 115 Å². The van der Waals surface area contributed by atoms with Crippen LogP contribution < -0.4 is 10.6 Å². The summed E-state index contributed by atoms with van der Waals surface area (Å²) in [5.41, 5.74) is 13.2. The molecule has 0 heterocycles. The van der Waals surface area contributed by atoms with E-state index < -0.39 is 0 Å². The summed E-state index contributed by atoms with van der Waals surface area (Å²) in [6.07, 6.45) is 0.959. The van der Waals surface area contributed by atoms with Crippen LogP contribution in [0.5, 0.6) is 0 Å². The van der Waals surface area contributed by atoms with Crippen molar-refractivity contribution in [3.63, 3.8) is 0 Å². The van der Waals surface area contributed by atoms with Gasteiger partial charge in [-0.15, -0.1) is 0 Å². The Morgan fingerprint density at radius 1 is 0.895 bits per heavy atom. The third-order valence-corrected chi connectivity index (χ3v) is 3.79. The summed E-state index contributed by atoms with van der Waals surface area (Å²) < 4.78 is 0. The van der Waals surface area contributed by atoms with Crippen LogP contribution >= 0.6 is 0 Å². The van der Waals surface area contributed by atoms with Crippen LogP contribution in [0.15, 0.2) is 36.4 Å². The minimum absolute atomic E-state index is 0.879. The van der Waals surface area contributed by atoms with Crippen molar-refractivity contribution in [2.45, 2.75) is 20.3 Å². The van der Waals surface area contributed by atoms with E-state index in [-0.39, 0.29) is 0 Å². The van der Waals surface area contributed by atoms with E-state index in [2.05, 4.69) is 63.2 Å². The Kier molecular flexibility index (Phi) is 3.79. The molecule has 0 aromatic heterocycles. The molecule has 2 heteroatoms. The van der Waals surface area contributed by atoms with Gasteiger partial charge in [0, 0.05) is 25.5 Å². The van der Waals surface area contributed by atoms with Crippen molar-refractivity contribution in [1.29, 1.82) is 0 Å². The molecule has 0 unspecified atom stereocenters. The molecule has 0 spiro atoms. The molecular formula is C17H22N2. The van der Waals surface area contributed by atoms with Gasteiger partial charge in [0.1, 0.15) is 0 Å². The lowest BCUT2D eigenvalue weighted by atomic mass is 9.96. The van der Waals surface area contributed by atoms with Crippen LogP contribution in [-0.4, -0.2) is 14.1 Å². The van der Waals surface area contributed by atoms with E-state index in [1.54, 1.807) is 0 Å². The van der Waals surface area contributed by atoms with Crippen LogP contribution in [0.1, 0.15) is 22.3 Å². The molecular weight excluding hydrogens is 232 g/mol. The van der Waals surface area contributed by atoms with Crippen LogP contribution in [0.2, 0.25) is 0 Å². The standard InChI is InChI=1S/C17H22N2/c1-12-13(2)17(18)10-7-15(12)11-14-5-8-16(9-6-14)19(3)4/h5-10H,11,18H2,1-4H3. The van der Waals surface area contributed by atoms with E-state index in [0.29, 0.717) is 0 Å². The topological polar surface area (TPSA) is 29.3 Å². The fraction of sp³-hybridized carbons (Fsp3) is 0.294. The third-order valence-electron chi connectivity index (χ3n) is 3.79. The van der Waals surface area contributed by atoms with Crippen molar-refractivity contribution < 1.29 is 0 Å². The molecule has 2 aromatic rings. The predicted molar refractivity (Wildman–Crippen MR) is 83.9 cm³/mol. The lowest BCUT2D eigenvalue weighted by molar-refractivity contribution is 1.11.